The third-order valence-corrected chi connectivity index (χ3v) is 4.44. The SMILES string of the molecule is CC[n+]1ccc(C=Cc2ccc(C=Cc3cc[n+](CC)cc3)cc2)cc1. The minimum atomic E-state index is 1.00. The van der Waals surface area contributed by atoms with Gasteiger partial charge in [0.05, 0.1) is 0 Å². The zero-order valence-electron chi connectivity index (χ0n) is 15.5. The van der Waals surface area contributed by atoms with Crippen LogP contribution in [0.3, 0.4) is 0 Å². The van der Waals surface area contributed by atoms with Crippen LogP contribution in [0.1, 0.15) is 36.1 Å². The van der Waals surface area contributed by atoms with E-state index in [1.165, 1.54) is 22.3 Å². The Balaban J connectivity index is 1.63. The maximum atomic E-state index is 2.16. The number of aromatic nitrogens is 2. The molecule has 2 aromatic heterocycles. The van der Waals surface area contributed by atoms with Crippen molar-refractivity contribution in [2.75, 3.05) is 0 Å². The van der Waals surface area contributed by atoms with Gasteiger partial charge in [-0.05, 0) is 36.1 Å². The molecule has 0 unspecified atom stereocenters. The van der Waals surface area contributed by atoms with Crippen molar-refractivity contribution in [3.05, 3.63) is 95.6 Å². The summed E-state index contributed by atoms with van der Waals surface area (Å²) in [6, 6.07) is 17.2. The molecular weight excluding hydrogens is 316 g/mol. The predicted octanol–water partition coefficient (Wildman–Crippen LogP) is 4.64. The first-order chi connectivity index (χ1) is 12.8. The van der Waals surface area contributed by atoms with Crippen molar-refractivity contribution in [3.8, 4) is 0 Å². The molecule has 26 heavy (non-hydrogen) atoms. The first-order valence-electron chi connectivity index (χ1n) is 9.21. The third kappa shape index (κ3) is 5.00. The fourth-order valence-electron chi connectivity index (χ4n) is 2.68. The van der Waals surface area contributed by atoms with E-state index in [0.717, 1.165) is 13.1 Å². The lowest BCUT2D eigenvalue weighted by Gasteiger charge is -1.98. The minimum absolute atomic E-state index is 1.00. The number of nitrogens with zero attached hydrogens (tertiary/aromatic N) is 2. The van der Waals surface area contributed by atoms with Crippen LogP contribution in [0.25, 0.3) is 24.3 Å². The van der Waals surface area contributed by atoms with E-state index in [2.05, 4.69) is 121 Å². The summed E-state index contributed by atoms with van der Waals surface area (Å²) >= 11 is 0. The van der Waals surface area contributed by atoms with Crippen molar-refractivity contribution >= 4 is 24.3 Å². The van der Waals surface area contributed by atoms with Gasteiger partial charge in [0.1, 0.15) is 13.1 Å². The van der Waals surface area contributed by atoms with Crippen LogP contribution in [0.4, 0.5) is 0 Å². The lowest BCUT2D eigenvalue weighted by Crippen LogP contribution is -2.30. The maximum Gasteiger partial charge on any atom is 0.169 e. The highest BCUT2D eigenvalue weighted by Gasteiger charge is 1.96. The molecule has 0 aliphatic rings. The standard InChI is InChI=1S/C24H26N2/c1-3-25-17-13-23(14-18-25)11-9-21-5-7-22(8-6-21)10-12-24-15-19-26(4-2)20-16-24/h5-20H,3-4H2,1-2H3/q+2. The summed E-state index contributed by atoms with van der Waals surface area (Å²) in [6.45, 7) is 6.29. The lowest BCUT2D eigenvalue weighted by molar-refractivity contribution is -0.693. The third-order valence-electron chi connectivity index (χ3n) is 4.44. The molecule has 2 nitrogen and oxygen atoms in total. The maximum absolute atomic E-state index is 2.16. The van der Waals surface area contributed by atoms with Crippen LogP contribution < -0.4 is 9.13 Å². The topological polar surface area (TPSA) is 7.76 Å². The highest BCUT2D eigenvalue weighted by atomic mass is 14.9. The smallest absolute Gasteiger partial charge is 0.169 e. The average Bonchev–Trinajstić information content (AvgIpc) is 2.72. The van der Waals surface area contributed by atoms with Gasteiger partial charge in [-0.15, -0.1) is 0 Å². The van der Waals surface area contributed by atoms with E-state index in [1.807, 2.05) is 0 Å². The van der Waals surface area contributed by atoms with E-state index in [4.69, 9.17) is 0 Å². The van der Waals surface area contributed by atoms with E-state index in [1.54, 1.807) is 0 Å². The van der Waals surface area contributed by atoms with Crippen molar-refractivity contribution < 1.29 is 9.13 Å². The second-order valence-electron chi connectivity index (χ2n) is 6.26. The second-order valence-corrected chi connectivity index (χ2v) is 6.26. The van der Waals surface area contributed by atoms with E-state index >= 15 is 0 Å². The van der Waals surface area contributed by atoms with Crippen LogP contribution >= 0.6 is 0 Å². The highest BCUT2D eigenvalue weighted by Crippen LogP contribution is 2.12. The van der Waals surface area contributed by atoms with Crippen LogP contribution in [0.5, 0.6) is 0 Å². The highest BCUT2D eigenvalue weighted by molar-refractivity contribution is 5.72. The predicted molar refractivity (Wildman–Crippen MR) is 109 cm³/mol. The number of rotatable bonds is 6. The average molecular weight is 342 g/mol. The van der Waals surface area contributed by atoms with Crippen LogP contribution in [0, 0.1) is 0 Å². The first-order valence-corrected chi connectivity index (χ1v) is 9.21. The zero-order valence-corrected chi connectivity index (χ0v) is 15.5. The van der Waals surface area contributed by atoms with Gasteiger partial charge in [0.2, 0.25) is 0 Å². The fourth-order valence-corrected chi connectivity index (χ4v) is 2.68. The minimum Gasteiger partial charge on any atom is -0.205 e. The summed E-state index contributed by atoms with van der Waals surface area (Å²) in [5, 5.41) is 0. The molecular formula is C24H26N2+2. The molecule has 3 rings (SSSR count). The van der Waals surface area contributed by atoms with Crippen LogP contribution in [-0.2, 0) is 13.1 Å². The van der Waals surface area contributed by atoms with Crippen molar-refractivity contribution in [1.29, 1.82) is 0 Å². The van der Waals surface area contributed by atoms with Crippen molar-refractivity contribution in [3.63, 3.8) is 0 Å². The van der Waals surface area contributed by atoms with E-state index in [-0.39, 0.29) is 0 Å². The quantitative estimate of drug-likeness (QED) is 0.577. The second kappa shape index (κ2) is 8.91. The Labute approximate surface area is 156 Å². The van der Waals surface area contributed by atoms with E-state index in [9.17, 15) is 0 Å². The molecule has 0 N–H and O–H groups in total. The van der Waals surface area contributed by atoms with Gasteiger partial charge in [0.15, 0.2) is 24.8 Å². The number of pyridine rings is 2. The molecule has 2 heteroatoms. The van der Waals surface area contributed by atoms with Gasteiger partial charge >= 0.3 is 0 Å². The van der Waals surface area contributed by atoms with Gasteiger partial charge in [0, 0.05) is 24.3 Å². The summed E-state index contributed by atoms with van der Waals surface area (Å²) < 4.78 is 4.32. The molecule has 0 saturated carbocycles. The van der Waals surface area contributed by atoms with Gasteiger partial charge in [-0.1, -0.05) is 48.6 Å². The Morgan fingerprint density at radius 3 is 1.04 bits per heavy atom. The fraction of sp³-hybridized carbons (Fsp3) is 0.167. The lowest BCUT2D eigenvalue weighted by atomic mass is 10.1. The Kier molecular flexibility index (Phi) is 6.10. The summed E-state index contributed by atoms with van der Waals surface area (Å²) in [4.78, 5) is 0. The molecule has 0 saturated heterocycles. The molecule has 0 spiro atoms. The Morgan fingerprint density at radius 2 is 0.769 bits per heavy atom. The van der Waals surface area contributed by atoms with Gasteiger partial charge in [0.25, 0.3) is 0 Å². The number of benzene rings is 1. The largest absolute Gasteiger partial charge is 0.205 e. The molecule has 0 fully saturated rings. The van der Waals surface area contributed by atoms with Crippen LogP contribution in [0.15, 0.2) is 73.3 Å². The van der Waals surface area contributed by atoms with Crippen LogP contribution in [0.2, 0.25) is 0 Å². The van der Waals surface area contributed by atoms with Gasteiger partial charge in [-0.3, -0.25) is 0 Å². The number of aryl methyl sites for hydroxylation is 2. The molecule has 0 amide bonds. The molecule has 0 bridgehead atoms. The van der Waals surface area contributed by atoms with Crippen molar-refractivity contribution in [2.24, 2.45) is 0 Å². The number of hydrogen-bond donors (Lipinski definition) is 0. The normalized spacial score (nSPS) is 11.5. The van der Waals surface area contributed by atoms with Crippen LogP contribution in [-0.4, -0.2) is 0 Å². The van der Waals surface area contributed by atoms with Gasteiger partial charge in [-0.25, -0.2) is 9.13 Å². The molecule has 0 aliphatic heterocycles. The summed E-state index contributed by atoms with van der Waals surface area (Å²) in [5.74, 6) is 0. The Morgan fingerprint density at radius 1 is 0.500 bits per heavy atom. The summed E-state index contributed by atoms with van der Waals surface area (Å²) in [6.07, 6.45) is 17.0. The molecule has 2 heterocycles. The number of hydrogen-bond acceptors (Lipinski definition) is 0. The monoisotopic (exact) mass is 342 g/mol. The van der Waals surface area contributed by atoms with E-state index in [0.29, 0.717) is 0 Å². The summed E-state index contributed by atoms with van der Waals surface area (Å²) in [5.41, 5.74) is 4.84. The van der Waals surface area contributed by atoms with Gasteiger partial charge < -0.3 is 0 Å². The molecule has 1 aromatic carbocycles. The molecule has 0 radical (unpaired) electrons. The molecule has 3 aromatic rings. The molecule has 130 valence electrons. The Hall–Kier alpha value is -3.00. The van der Waals surface area contributed by atoms with Gasteiger partial charge in [-0.2, -0.15) is 0 Å². The Bertz CT molecular complexity index is 795. The van der Waals surface area contributed by atoms with E-state index < -0.39 is 0 Å². The van der Waals surface area contributed by atoms with Crippen molar-refractivity contribution in [2.45, 2.75) is 26.9 Å². The molecule has 0 atom stereocenters. The summed E-state index contributed by atoms with van der Waals surface area (Å²) in [7, 11) is 0. The zero-order chi connectivity index (χ0) is 18.2. The van der Waals surface area contributed by atoms with Crippen molar-refractivity contribution in [1.82, 2.24) is 0 Å². The molecule has 0 aliphatic carbocycles. The first kappa shape index (κ1) is 17.8.